The first-order chi connectivity index (χ1) is 13.6. The van der Waals surface area contributed by atoms with Crippen molar-refractivity contribution < 1.29 is 14.3 Å². The Hall–Kier alpha value is -3.26. The summed E-state index contributed by atoms with van der Waals surface area (Å²) < 4.78 is 6.51. The van der Waals surface area contributed by atoms with E-state index in [0.717, 1.165) is 16.4 Å². The third-order valence-corrected chi connectivity index (χ3v) is 4.88. The number of methoxy groups -OCH3 is 1. The van der Waals surface area contributed by atoms with Crippen LogP contribution in [-0.2, 0) is 9.53 Å². The molecule has 0 unspecified atom stereocenters. The third-order valence-electron chi connectivity index (χ3n) is 3.91. The SMILES string of the molecule is COC(=O)Nc1ccc(NC(=O)CSc2nccn2-c2ccccc2C)cc1. The van der Waals surface area contributed by atoms with Gasteiger partial charge in [-0.15, -0.1) is 0 Å². The lowest BCUT2D eigenvalue weighted by molar-refractivity contribution is -0.113. The van der Waals surface area contributed by atoms with Crippen LogP contribution in [0.25, 0.3) is 5.69 Å². The van der Waals surface area contributed by atoms with Crippen molar-refractivity contribution in [1.29, 1.82) is 0 Å². The van der Waals surface area contributed by atoms with Gasteiger partial charge >= 0.3 is 6.09 Å². The van der Waals surface area contributed by atoms with Gasteiger partial charge in [0.2, 0.25) is 5.91 Å². The number of aromatic nitrogens is 2. The molecule has 1 heterocycles. The second-order valence-corrected chi connectivity index (χ2v) is 6.84. The molecule has 3 rings (SSSR count). The van der Waals surface area contributed by atoms with Crippen LogP contribution in [0.1, 0.15) is 5.56 Å². The van der Waals surface area contributed by atoms with Crippen molar-refractivity contribution >= 4 is 35.1 Å². The van der Waals surface area contributed by atoms with Gasteiger partial charge in [0.05, 0.1) is 18.6 Å². The summed E-state index contributed by atoms with van der Waals surface area (Å²) in [5.74, 6) is 0.0865. The molecule has 28 heavy (non-hydrogen) atoms. The molecular weight excluding hydrogens is 376 g/mol. The molecule has 0 atom stereocenters. The molecule has 2 N–H and O–H groups in total. The molecular formula is C20H20N4O3S. The monoisotopic (exact) mass is 396 g/mol. The van der Waals surface area contributed by atoms with Gasteiger partial charge in [0, 0.05) is 23.8 Å². The molecule has 0 aliphatic heterocycles. The summed E-state index contributed by atoms with van der Waals surface area (Å²) in [5, 5.41) is 6.13. The first kappa shape index (κ1) is 19.5. The Bertz CT molecular complexity index is 970. The normalized spacial score (nSPS) is 10.4. The van der Waals surface area contributed by atoms with E-state index in [2.05, 4.69) is 20.4 Å². The van der Waals surface area contributed by atoms with Crippen molar-refractivity contribution in [1.82, 2.24) is 9.55 Å². The minimum Gasteiger partial charge on any atom is -0.453 e. The van der Waals surface area contributed by atoms with Gasteiger partial charge in [0.25, 0.3) is 0 Å². The number of hydrogen-bond donors (Lipinski definition) is 2. The summed E-state index contributed by atoms with van der Waals surface area (Å²) >= 11 is 1.37. The maximum atomic E-state index is 12.3. The Morgan fingerprint density at radius 3 is 2.43 bits per heavy atom. The van der Waals surface area contributed by atoms with Crippen LogP contribution in [0.5, 0.6) is 0 Å². The van der Waals surface area contributed by atoms with E-state index in [-0.39, 0.29) is 11.7 Å². The topological polar surface area (TPSA) is 85.2 Å². The van der Waals surface area contributed by atoms with Crippen LogP contribution in [-0.4, -0.2) is 34.4 Å². The quantitative estimate of drug-likeness (QED) is 0.613. The van der Waals surface area contributed by atoms with E-state index in [1.807, 2.05) is 42.0 Å². The zero-order valence-electron chi connectivity index (χ0n) is 15.5. The summed E-state index contributed by atoms with van der Waals surface area (Å²) in [6, 6.07) is 14.8. The highest BCUT2D eigenvalue weighted by molar-refractivity contribution is 7.99. The standard InChI is InChI=1S/C20H20N4O3S/c1-14-5-3-4-6-17(14)24-12-11-21-19(24)28-13-18(25)22-15-7-9-16(10-8-15)23-20(26)27-2/h3-12H,13H2,1-2H3,(H,22,25)(H,23,26). The molecule has 144 valence electrons. The lowest BCUT2D eigenvalue weighted by Crippen LogP contribution is -2.15. The number of ether oxygens (including phenoxy) is 1. The molecule has 0 spiro atoms. The number of nitrogens with one attached hydrogen (secondary N) is 2. The number of benzene rings is 2. The van der Waals surface area contributed by atoms with Gasteiger partial charge in [0.1, 0.15) is 0 Å². The predicted octanol–water partition coefficient (Wildman–Crippen LogP) is 4.09. The fourth-order valence-corrected chi connectivity index (χ4v) is 3.31. The third kappa shape index (κ3) is 4.92. The average Bonchev–Trinajstić information content (AvgIpc) is 3.16. The Kier molecular flexibility index (Phi) is 6.33. The molecule has 1 aromatic heterocycles. The minimum absolute atomic E-state index is 0.141. The highest BCUT2D eigenvalue weighted by Gasteiger charge is 2.11. The van der Waals surface area contributed by atoms with Crippen LogP contribution in [0, 0.1) is 6.92 Å². The van der Waals surface area contributed by atoms with Gasteiger partial charge in [-0.2, -0.15) is 0 Å². The second-order valence-electron chi connectivity index (χ2n) is 5.90. The lowest BCUT2D eigenvalue weighted by atomic mass is 10.2. The van der Waals surface area contributed by atoms with Gasteiger partial charge < -0.3 is 10.1 Å². The lowest BCUT2D eigenvalue weighted by Gasteiger charge is -2.10. The van der Waals surface area contributed by atoms with E-state index in [0.29, 0.717) is 11.4 Å². The van der Waals surface area contributed by atoms with Gasteiger partial charge in [-0.25, -0.2) is 9.78 Å². The summed E-state index contributed by atoms with van der Waals surface area (Å²) in [5.41, 5.74) is 3.40. The van der Waals surface area contributed by atoms with E-state index in [9.17, 15) is 9.59 Å². The zero-order chi connectivity index (χ0) is 19.9. The highest BCUT2D eigenvalue weighted by Crippen LogP contribution is 2.23. The number of hydrogen-bond acceptors (Lipinski definition) is 5. The highest BCUT2D eigenvalue weighted by atomic mass is 32.2. The van der Waals surface area contributed by atoms with Gasteiger partial charge in [-0.1, -0.05) is 30.0 Å². The Balaban J connectivity index is 1.58. The molecule has 0 saturated heterocycles. The van der Waals surface area contributed by atoms with E-state index in [1.54, 1.807) is 30.5 Å². The molecule has 0 bridgehead atoms. The number of thioether (sulfide) groups is 1. The van der Waals surface area contributed by atoms with Crippen molar-refractivity contribution in [2.75, 3.05) is 23.5 Å². The van der Waals surface area contributed by atoms with Gasteiger partial charge in [-0.05, 0) is 42.8 Å². The summed E-state index contributed by atoms with van der Waals surface area (Å²) in [6.45, 7) is 2.04. The smallest absolute Gasteiger partial charge is 0.411 e. The van der Waals surface area contributed by atoms with E-state index >= 15 is 0 Å². The fourth-order valence-electron chi connectivity index (χ4n) is 2.55. The van der Waals surface area contributed by atoms with E-state index in [4.69, 9.17) is 0 Å². The summed E-state index contributed by atoms with van der Waals surface area (Å²) in [6.07, 6.45) is 3.06. The fraction of sp³-hybridized carbons (Fsp3) is 0.150. The molecule has 0 aliphatic rings. The van der Waals surface area contributed by atoms with Gasteiger partial charge in [-0.3, -0.25) is 14.7 Å². The number of carbonyl (C=O) groups excluding carboxylic acids is 2. The largest absolute Gasteiger partial charge is 0.453 e. The maximum Gasteiger partial charge on any atom is 0.411 e. The van der Waals surface area contributed by atoms with Crippen LogP contribution < -0.4 is 10.6 Å². The molecule has 2 aromatic carbocycles. The number of rotatable bonds is 6. The number of carbonyl (C=O) groups is 2. The molecule has 0 aliphatic carbocycles. The molecule has 0 saturated carbocycles. The number of aryl methyl sites for hydroxylation is 1. The molecule has 0 radical (unpaired) electrons. The number of anilines is 2. The average molecular weight is 396 g/mol. The molecule has 8 heteroatoms. The number of para-hydroxylation sites is 1. The Labute approximate surface area is 167 Å². The van der Waals surface area contributed by atoms with Crippen LogP contribution >= 0.6 is 11.8 Å². The van der Waals surface area contributed by atoms with Crippen molar-refractivity contribution in [3.05, 3.63) is 66.5 Å². The van der Waals surface area contributed by atoms with Crippen molar-refractivity contribution in [2.45, 2.75) is 12.1 Å². The van der Waals surface area contributed by atoms with Crippen molar-refractivity contribution in [2.24, 2.45) is 0 Å². The maximum absolute atomic E-state index is 12.3. The molecule has 2 amide bonds. The van der Waals surface area contributed by atoms with E-state index < -0.39 is 6.09 Å². The molecule has 7 nitrogen and oxygen atoms in total. The van der Waals surface area contributed by atoms with Crippen LogP contribution in [0.2, 0.25) is 0 Å². The predicted molar refractivity (Wildman–Crippen MR) is 110 cm³/mol. The molecule has 3 aromatic rings. The second kappa shape index (κ2) is 9.09. The van der Waals surface area contributed by atoms with Crippen LogP contribution in [0.3, 0.4) is 0 Å². The minimum atomic E-state index is -0.544. The Morgan fingerprint density at radius 2 is 1.75 bits per heavy atom. The molecule has 0 fully saturated rings. The summed E-state index contributed by atoms with van der Waals surface area (Å²) in [7, 11) is 1.30. The summed E-state index contributed by atoms with van der Waals surface area (Å²) in [4.78, 5) is 27.8. The van der Waals surface area contributed by atoms with Crippen LogP contribution in [0.15, 0.2) is 66.1 Å². The number of nitrogens with zero attached hydrogens (tertiary/aromatic N) is 2. The first-order valence-electron chi connectivity index (χ1n) is 8.54. The van der Waals surface area contributed by atoms with Crippen molar-refractivity contribution in [3.63, 3.8) is 0 Å². The van der Waals surface area contributed by atoms with Crippen LogP contribution in [0.4, 0.5) is 16.2 Å². The Morgan fingerprint density at radius 1 is 1.07 bits per heavy atom. The first-order valence-corrected chi connectivity index (χ1v) is 9.52. The van der Waals surface area contributed by atoms with E-state index in [1.165, 1.54) is 18.9 Å². The number of amides is 2. The number of imidazole rings is 1. The zero-order valence-corrected chi connectivity index (χ0v) is 16.3. The van der Waals surface area contributed by atoms with Gasteiger partial charge in [0.15, 0.2) is 5.16 Å². The van der Waals surface area contributed by atoms with Crippen molar-refractivity contribution in [3.8, 4) is 5.69 Å².